The first-order valence-corrected chi connectivity index (χ1v) is 13.1. The molecule has 4 aromatic carbocycles. The molecule has 0 unspecified atom stereocenters. The number of benzene rings is 4. The van der Waals surface area contributed by atoms with Gasteiger partial charge in [0.25, 0.3) is 0 Å². The van der Waals surface area contributed by atoms with Crippen molar-refractivity contribution in [1.29, 1.82) is 0 Å². The van der Waals surface area contributed by atoms with Crippen LogP contribution in [0, 0.1) is 0 Å². The van der Waals surface area contributed by atoms with E-state index in [0.29, 0.717) is 26.2 Å². The molecule has 5 rings (SSSR count). The Morgan fingerprint density at radius 2 is 1.29 bits per heavy atom. The van der Waals surface area contributed by atoms with Crippen LogP contribution in [-0.2, 0) is 22.6 Å². The Bertz CT molecular complexity index is 1230. The van der Waals surface area contributed by atoms with Gasteiger partial charge in [-0.2, -0.15) is 5.09 Å². The van der Waals surface area contributed by atoms with Crippen LogP contribution in [0.25, 0.3) is 21.5 Å². The van der Waals surface area contributed by atoms with Crippen molar-refractivity contribution < 1.29 is 14.4 Å². The second-order valence-electron chi connectivity index (χ2n) is 8.51. The zero-order valence-electron chi connectivity index (χ0n) is 19.2. The summed E-state index contributed by atoms with van der Waals surface area (Å²) in [6, 6.07) is 28.9. The van der Waals surface area contributed by atoms with Crippen LogP contribution < -0.4 is 9.98 Å². The normalized spacial score (nSPS) is 16.3. The van der Waals surface area contributed by atoms with E-state index in [1.54, 1.807) is 0 Å². The molecule has 0 bridgehead atoms. The molecule has 1 saturated heterocycles. The molecular weight excluding hydrogens is 445 g/mol. The van der Waals surface area contributed by atoms with Crippen LogP contribution in [0.2, 0.25) is 0 Å². The molecule has 6 nitrogen and oxygen atoms in total. The number of carbonyl (C=O) groups excluding carboxylic acids is 1. The zero-order valence-corrected chi connectivity index (χ0v) is 20.1. The summed E-state index contributed by atoms with van der Waals surface area (Å²) in [6.45, 7) is 2.22. The van der Waals surface area contributed by atoms with Gasteiger partial charge in [0, 0.05) is 0 Å². The Kier molecular flexibility index (Phi) is 6.59. The van der Waals surface area contributed by atoms with Crippen LogP contribution in [0.15, 0.2) is 84.9 Å². The minimum absolute atomic E-state index is 0.105. The van der Waals surface area contributed by atoms with Crippen LogP contribution in [0.5, 0.6) is 0 Å². The number of fused-ring (bicyclic) bond motifs is 2. The van der Waals surface area contributed by atoms with E-state index < -0.39 is 13.9 Å². The smallest absolute Gasteiger partial charge is 0.323 e. The van der Waals surface area contributed by atoms with Crippen molar-refractivity contribution in [2.75, 3.05) is 26.7 Å². The van der Waals surface area contributed by atoms with Crippen LogP contribution in [0.3, 0.4) is 0 Å². The molecule has 0 amide bonds. The third-order valence-electron chi connectivity index (χ3n) is 6.51. The zero-order chi connectivity index (χ0) is 23.5. The van der Waals surface area contributed by atoms with Gasteiger partial charge in [-0.05, 0) is 32.7 Å². The van der Waals surface area contributed by atoms with Crippen molar-refractivity contribution in [2.24, 2.45) is 0 Å². The summed E-state index contributed by atoms with van der Waals surface area (Å²) in [5.74, 6) is -0.433. The number of nitrogens with zero attached hydrogens (tertiary/aromatic N) is 2. The van der Waals surface area contributed by atoms with E-state index >= 15 is 0 Å². The first kappa shape index (κ1) is 22.9. The molecule has 34 heavy (non-hydrogen) atoms. The monoisotopic (exact) mass is 473 g/mol. The van der Waals surface area contributed by atoms with Gasteiger partial charge in [0.05, 0.1) is 33.3 Å². The lowest BCUT2D eigenvalue weighted by Crippen LogP contribution is -2.44. The summed E-state index contributed by atoms with van der Waals surface area (Å²) in [5.41, 5.74) is 2.23. The molecule has 0 atom stereocenters. The fraction of sp³-hybridized carbons (Fsp3) is 0.222. The van der Waals surface area contributed by atoms with E-state index in [9.17, 15) is 9.69 Å². The standard InChI is InChI=1S/C27H28N3O3P/c1-33-27(31)18-28-34(32)29(19-23-12-6-10-21-8-2-4-14-25(21)23)16-17-30(34)20-24-13-7-11-22-9-3-5-15-26(22)24/h2-15H,16-20H2,1H3,(H,28,32). The number of rotatable bonds is 7. The summed E-state index contributed by atoms with van der Waals surface area (Å²) in [4.78, 5) is 26.5. The molecule has 0 aromatic heterocycles. The second-order valence-corrected chi connectivity index (χ2v) is 11.0. The minimum Gasteiger partial charge on any atom is -0.636 e. The molecule has 7 heteroatoms. The fourth-order valence-corrected chi connectivity index (χ4v) is 7.23. The predicted molar refractivity (Wildman–Crippen MR) is 136 cm³/mol. The maximum Gasteiger partial charge on any atom is 0.323 e. The lowest BCUT2D eigenvalue weighted by atomic mass is 10.0. The van der Waals surface area contributed by atoms with Crippen LogP contribution in [0.4, 0.5) is 0 Å². The van der Waals surface area contributed by atoms with Crippen molar-refractivity contribution in [3.63, 3.8) is 0 Å². The Morgan fingerprint density at radius 3 is 1.79 bits per heavy atom. The van der Waals surface area contributed by atoms with Crippen molar-refractivity contribution in [3.05, 3.63) is 96.1 Å². The average molecular weight is 474 g/mol. The minimum atomic E-state index is -3.23. The first-order chi connectivity index (χ1) is 16.6. The molecule has 0 spiro atoms. The molecule has 4 aromatic rings. The topological polar surface area (TPSA) is 67.9 Å². The molecule has 1 fully saturated rings. The largest absolute Gasteiger partial charge is 0.636 e. The van der Waals surface area contributed by atoms with E-state index in [2.05, 4.69) is 53.6 Å². The summed E-state index contributed by atoms with van der Waals surface area (Å²) >= 11 is 0. The van der Waals surface area contributed by atoms with Crippen molar-refractivity contribution in [2.45, 2.75) is 13.1 Å². The molecule has 0 aliphatic carbocycles. The third kappa shape index (κ3) is 4.43. The SMILES string of the molecule is COC(=O)CN[P+]1([O-])N(Cc2cccc3ccccc23)CCN1Cc1cccc2ccccc12. The quantitative estimate of drug-likeness (QED) is 0.322. The lowest BCUT2D eigenvalue weighted by Gasteiger charge is -2.39. The number of esters is 1. The van der Waals surface area contributed by atoms with Crippen LogP contribution in [0.1, 0.15) is 11.1 Å². The summed E-state index contributed by atoms with van der Waals surface area (Å²) in [7, 11) is -1.88. The number of nitrogens with one attached hydrogen (secondary N) is 1. The van der Waals surface area contributed by atoms with Crippen molar-refractivity contribution >= 4 is 35.5 Å². The van der Waals surface area contributed by atoms with E-state index in [1.165, 1.54) is 7.11 Å². The average Bonchev–Trinajstić information content (AvgIpc) is 3.18. The highest BCUT2D eigenvalue weighted by molar-refractivity contribution is 7.62. The molecular formula is C27H28N3O3P. The Morgan fingerprint density at radius 1 is 0.824 bits per heavy atom. The van der Waals surface area contributed by atoms with E-state index in [-0.39, 0.29) is 6.54 Å². The number of hydrogen-bond donors (Lipinski definition) is 1. The Hall–Kier alpha value is -2.86. The van der Waals surface area contributed by atoms with Gasteiger partial charge in [-0.3, -0.25) is 4.79 Å². The highest BCUT2D eigenvalue weighted by atomic mass is 31.2. The second kappa shape index (κ2) is 9.79. The van der Waals surface area contributed by atoms with Gasteiger partial charge in [-0.15, -0.1) is 9.34 Å². The number of methoxy groups -OCH3 is 1. The Labute approximate surface area is 200 Å². The molecule has 174 valence electrons. The summed E-state index contributed by atoms with van der Waals surface area (Å²) in [5, 5.41) is 7.69. The van der Waals surface area contributed by atoms with Crippen LogP contribution >= 0.6 is 7.94 Å². The predicted octanol–water partition coefficient (Wildman–Crippen LogP) is 4.11. The summed E-state index contributed by atoms with van der Waals surface area (Å²) < 4.78 is 8.80. The molecule has 1 heterocycles. The van der Waals surface area contributed by atoms with Gasteiger partial charge in [0.2, 0.25) is 0 Å². The molecule has 0 radical (unpaired) electrons. The molecule has 1 aliphatic heterocycles. The van der Waals surface area contributed by atoms with Gasteiger partial charge >= 0.3 is 5.97 Å². The third-order valence-corrected chi connectivity index (χ3v) is 9.29. The Balaban J connectivity index is 1.46. The maximum absolute atomic E-state index is 14.5. The molecule has 1 aliphatic rings. The molecule has 0 saturated carbocycles. The highest BCUT2D eigenvalue weighted by Gasteiger charge is 2.48. The fourth-order valence-electron chi connectivity index (χ4n) is 4.72. The van der Waals surface area contributed by atoms with Gasteiger partial charge < -0.3 is 9.63 Å². The van der Waals surface area contributed by atoms with Gasteiger partial charge in [-0.1, -0.05) is 84.9 Å². The van der Waals surface area contributed by atoms with E-state index in [4.69, 9.17) is 4.74 Å². The lowest BCUT2D eigenvalue weighted by molar-refractivity contribution is -0.195. The van der Waals surface area contributed by atoms with E-state index in [0.717, 1.165) is 32.7 Å². The first-order valence-electron chi connectivity index (χ1n) is 11.4. The van der Waals surface area contributed by atoms with Crippen LogP contribution in [-0.4, -0.2) is 42.1 Å². The van der Waals surface area contributed by atoms with Crippen molar-refractivity contribution in [1.82, 2.24) is 14.4 Å². The van der Waals surface area contributed by atoms with E-state index in [1.807, 2.05) is 45.7 Å². The summed E-state index contributed by atoms with van der Waals surface area (Å²) in [6.07, 6.45) is 0. The van der Waals surface area contributed by atoms with Gasteiger partial charge in [0.1, 0.15) is 6.54 Å². The number of ether oxygens (including phenoxy) is 1. The van der Waals surface area contributed by atoms with Crippen molar-refractivity contribution in [3.8, 4) is 0 Å². The van der Waals surface area contributed by atoms with Gasteiger partial charge in [-0.25, -0.2) is 0 Å². The molecule has 1 N–H and O–H groups in total. The number of carbonyl (C=O) groups is 1. The van der Waals surface area contributed by atoms with Gasteiger partial charge in [0.15, 0.2) is 7.94 Å². The highest BCUT2D eigenvalue weighted by Crippen LogP contribution is 2.58. The maximum atomic E-state index is 14.5. The number of hydrogen-bond acceptors (Lipinski definition) is 6.